The lowest BCUT2D eigenvalue weighted by Gasteiger charge is -2.04. The van der Waals surface area contributed by atoms with E-state index in [9.17, 15) is 9.59 Å². The van der Waals surface area contributed by atoms with E-state index in [0.29, 0.717) is 17.0 Å². The molecular weight excluding hydrogens is 340 g/mol. The third kappa shape index (κ3) is 2.99. The minimum Gasteiger partial charge on any atom is -0.349 e. The number of aromatic amines is 2. The average Bonchev–Trinajstić information content (AvgIpc) is 3.00. The Morgan fingerprint density at radius 2 is 1.74 bits per heavy atom. The molecule has 2 N–H and O–H groups in total. The van der Waals surface area contributed by atoms with Crippen LogP contribution in [0.2, 0.25) is 0 Å². The van der Waals surface area contributed by atoms with Gasteiger partial charge in [-0.1, -0.05) is 49.7 Å². The van der Waals surface area contributed by atoms with Crippen molar-refractivity contribution in [3.05, 3.63) is 80.0 Å². The summed E-state index contributed by atoms with van der Waals surface area (Å²) in [7, 11) is 0. The lowest BCUT2D eigenvalue weighted by atomic mass is 10.0. The van der Waals surface area contributed by atoms with Gasteiger partial charge in [0.05, 0.1) is 11.7 Å². The smallest absolute Gasteiger partial charge is 0.349 e. The van der Waals surface area contributed by atoms with Gasteiger partial charge in [0.15, 0.2) is 0 Å². The Morgan fingerprint density at radius 1 is 1.00 bits per heavy atom. The summed E-state index contributed by atoms with van der Waals surface area (Å²) in [5.41, 5.74) is 3.70. The molecule has 136 valence electrons. The summed E-state index contributed by atoms with van der Waals surface area (Å²) in [6, 6.07) is 13.7. The van der Waals surface area contributed by atoms with Gasteiger partial charge in [-0.05, 0) is 36.1 Å². The molecule has 0 bridgehead atoms. The van der Waals surface area contributed by atoms with Crippen molar-refractivity contribution in [2.75, 3.05) is 0 Å². The summed E-state index contributed by atoms with van der Waals surface area (Å²) < 4.78 is 0.848. The molecule has 6 heteroatoms. The Labute approximate surface area is 155 Å². The highest BCUT2D eigenvalue weighted by molar-refractivity contribution is 6.04. The Morgan fingerprint density at radius 3 is 2.44 bits per heavy atom. The molecule has 0 fully saturated rings. The largest absolute Gasteiger partial charge is 0.350 e. The van der Waals surface area contributed by atoms with Crippen LogP contribution in [-0.4, -0.2) is 20.9 Å². The molecule has 0 atom stereocenters. The molecule has 6 nitrogen and oxygen atoms in total. The number of nitrogens with one attached hydrogen (secondary N) is 2. The quantitative estimate of drug-likeness (QED) is 0.548. The summed E-state index contributed by atoms with van der Waals surface area (Å²) >= 11 is 0. The molecule has 0 aliphatic carbocycles. The van der Waals surface area contributed by atoms with E-state index < -0.39 is 11.2 Å². The molecule has 0 aliphatic rings. The number of aryl methyl sites for hydroxylation is 1. The van der Waals surface area contributed by atoms with Crippen molar-refractivity contribution in [1.29, 1.82) is 0 Å². The number of hydrogen-bond donors (Lipinski definition) is 2. The maximum atomic E-state index is 12.8. The molecule has 0 saturated heterocycles. The van der Waals surface area contributed by atoms with E-state index in [1.807, 2.05) is 49.4 Å². The fourth-order valence-corrected chi connectivity index (χ4v) is 3.15. The highest BCUT2D eigenvalue weighted by Crippen LogP contribution is 2.21. The Kier molecular flexibility index (Phi) is 4.03. The topological polar surface area (TPSA) is 83.0 Å². The first-order chi connectivity index (χ1) is 12.9. The van der Waals surface area contributed by atoms with Crippen molar-refractivity contribution in [3.63, 3.8) is 0 Å². The summed E-state index contributed by atoms with van der Waals surface area (Å²) in [5, 5.41) is 4.92. The first-order valence-electron chi connectivity index (χ1n) is 8.86. The summed E-state index contributed by atoms with van der Waals surface area (Å²) in [5.74, 6) is 0.439. The molecule has 4 rings (SSSR count). The van der Waals surface area contributed by atoms with Crippen LogP contribution in [0.25, 0.3) is 21.9 Å². The van der Waals surface area contributed by atoms with Gasteiger partial charge < -0.3 is 9.97 Å². The van der Waals surface area contributed by atoms with E-state index in [4.69, 9.17) is 0 Å². The highest BCUT2D eigenvalue weighted by Gasteiger charge is 2.12. The molecule has 2 aromatic heterocycles. The number of benzene rings is 2. The van der Waals surface area contributed by atoms with Crippen molar-refractivity contribution < 1.29 is 0 Å². The number of fused-ring (bicyclic) bond motifs is 3. The fraction of sp³-hybridized carbons (Fsp3) is 0.190. The summed E-state index contributed by atoms with van der Waals surface area (Å²) in [4.78, 5) is 31.0. The van der Waals surface area contributed by atoms with Crippen molar-refractivity contribution in [2.24, 2.45) is 5.10 Å². The van der Waals surface area contributed by atoms with Gasteiger partial charge in [-0.2, -0.15) is 5.10 Å². The van der Waals surface area contributed by atoms with E-state index in [-0.39, 0.29) is 0 Å². The molecule has 0 saturated carbocycles. The van der Waals surface area contributed by atoms with Gasteiger partial charge in [0.2, 0.25) is 0 Å². The molecule has 0 amide bonds. The monoisotopic (exact) mass is 360 g/mol. The molecule has 4 aromatic rings. The Balaban J connectivity index is 1.81. The van der Waals surface area contributed by atoms with Crippen molar-refractivity contribution in [3.8, 4) is 0 Å². The molecule has 0 radical (unpaired) electrons. The minimum atomic E-state index is -0.565. The fourth-order valence-electron chi connectivity index (χ4n) is 3.15. The van der Waals surface area contributed by atoms with Crippen LogP contribution in [0.1, 0.15) is 36.5 Å². The molecule has 2 heterocycles. The summed E-state index contributed by atoms with van der Waals surface area (Å²) in [6.45, 7) is 6.21. The molecular formula is C21H20N4O2. The van der Waals surface area contributed by atoms with Crippen molar-refractivity contribution >= 4 is 28.2 Å². The summed E-state index contributed by atoms with van der Waals surface area (Å²) in [6.07, 6.45) is 1.51. The SMILES string of the molecule is Cc1ccc2[nH]c3c(=O)n(/N=C\c4ccc(C(C)C)cc4)c(=O)[nH]c3c2c1. The first-order valence-corrected chi connectivity index (χ1v) is 8.86. The van der Waals surface area contributed by atoms with E-state index in [0.717, 1.165) is 26.7 Å². The number of H-pyrrole nitrogens is 2. The zero-order valence-corrected chi connectivity index (χ0v) is 15.4. The predicted molar refractivity (Wildman–Crippen MR) is 109 cm³/mol. The van der Waals surface area contributed by atoms with Crippen molar-refractivity contribution in [2.45, 2.75) is 26.7 Å². The van der Waals surface area contributed by atoms with Crippen LogP contribution in [0, 0.1) is 6.92 Å². The van der Waals surface area contributed by atoms with Gasteiger partial charge in [-0.3, -0.25) is 4.79 Å². The second-order valence-electron chi connectivity index (χ2n) is 7.04. The number of rotatable bonds is 3. The molecule has 27 heavy (non-hydrogen) atoms. The van der Waals surface area contributed by atoms with Gasteiger partial charge in [0, 0.05) is 10.9 Å². The van der Waals surface area contributed by atoms with Crippen LogP contribution in [0.3, 0.4) is 0 Å². The van der Waals surface area contributed by atoms with Gasteiger partial charge in [-0.25, -0.2) is 4.79 Å². The van der Waals surface area contributed by atoms with Crippen LogP contribution < -0.4 is 11.2 Å². The maximum absolute atomic E-state index is 12.8. The van der Waals surface area contributed by atoms with E-state index >= 15 is 0 Å². The van der Waals surface area contributed by atoms with Crippen LogP contribution in [0.15, 0.2) is 57.2 Å². The van der Waals surface area contributed by atoms with Crippen LogP contribution in [0.5, 0.6) is 0 Å². The van der Waals surface area contributed by atoms with E-state index in [1.165, 1.54) is 11.8 Å². The Hall–Kier alpha value is -3.41. The Bertz CT molecular complexity index is 1290. The van der Waals surface area contributed by atoms with Gasteiger partial charge >= 0.3 is 11.2 Å². The van der Waals surface area contributed by atoms with Gasteiger partial charge in [0.1, 0.15) is 5.52 Å². The molecule has 0 unspecified atom stereocenters. The average molecular weight is 360 g/mol. The molecule has 2 aromatic carbocycles. The predicted octanol–water partition coefficient (Wildman–Crippen LogP) is 3.49. The first kappa shape index (κ1) is 17.0. The number of hydrogen-bond acceptors (Lipinski definition) is 3. The minimum absolute atomic E-state index is 0.336. The zero-order valence-electron chi connectivity index (χ0n) is 15.4. The number of nitrogens with zero attached hydrogens (tertiary/aromatic N) is 2. The normalized spacial score (nSPS) is 12.0. The van der Waals surface area contributed by atoms with Crippen molar-refractivity contribution in [1.82, 2.24) is 14.6 Å². The van der Waals surface area contributed by atoms with Crippen LogP contribution in [-0.2, 0) is 0 Å². The van der Waals surface area contributed by atoms with Crippen LogP contribution >= 0.6 is 0 Å². The van der Waals surface area contributed by atoms with E-state index in [1.54, 1.807) is 0 Å². The molecule has 0 spiro atoms. The second kappa shape index (κ2) is 6.39. The number of aromatic nitrogens is 3. The van der Waals surface area contributed by atoms with Crippen LogP contribution in [0.4, 0.5) is 0 Å². The van der Waals surface area contributed by atoms with Gasteiger partial charge in [-0.15, -0.1) is 4.68 Å². The standard InChI is InChI=1S/C21H20N4O2/c1-12(2)15-7-5-14(6-8-15)11-22-25-20(26)19-18(24-21(25)27)16-10-13(3)4-9-17(16)23-19/h4-12,23H,1-3H3,(H,24,27)/b22-11-. The zero-order chi connectivity index (χ0) is 19.1. The van der Waals surface area contributed by atoms with Gasteiger partial charge in [0.25, 0.3) is 0 Å². The third-order valence-electron chi connectivity index (χ3n) is 4.71. The lowest BCUT2D eigenvalue weighted by molar-refractivity contribution is 0.770. The lowest BCUT2D eigenvalue weighted by Crippen LogP contribution is -2.32. The second-order valence-corrected chi connectivity index (χ2v) is 7.04. The third-order valence-corrected chi connectivity index (χ3v) is 4.71. The van der Waals surface area contributed by atoms with E-state index in [2.05, 4.69) is 28.9 Å². The highest BCUT2D eigenvalue weighted by atomic mass is 16.2. The molecule has 0 aliphatic heterocycles. The maximum Gasteiger partial charge on any atom is 0.350 e.